The summed E-state index contributed by atoms with van der Waals surface area (Å²) in [5.74, 6) is 0. The minimum absolute atomic E-state index is 0.799. The first-order valence-corrected chi connectivity index (χ1v) is 9.40. The van der Waals surface area contributed by atoms with Crippen LogP contribution in [0.1, 0.15) is 31.7 Å². The first-order chi connectivity index (χ1) is 12.7. The maximum atomic E-state index is 6.23. The van der Waals surface area contributed by atoms with Gasteiger partial charge >= 0.3 is 0 Å². The fraction of sp³-hybridized carbons (Fsp3) is 0.261. The molecule has 1 heterocycles. The van der Waals surface area contributed by atoms with Crippen molar-refractivity contribution in [2.75, 3.05) is 23.7 Å². The van der Waals surface area contributed by atoms with Crippen LogP contribution in [0.15, 0.2) is 65.7 Å². The number of nitrogen functional groups attached to an aromatic ring is 1. The molecule has 0 unspecified atom stereocenters. The Bertz CT molecular complexity index is 935. The van der Waals surface area contributed by atoms with E-state index in [2.05, 4.69) is 47.4 Å². The molecule has 0 bridgehead atoms. The van der Waals surface area contributed by atoms with Gasteiger partial charge in [-0.1, -0.05) is 24.3 Å². The van der Waals surface area contributed by atoms with Crippen LogP contribution in [0.5, 0.6) is 0 Å². The molecule has 1 fully saturated rings. The van der Waals surface area contributed by atoms with Gasteiger partial charge < -0.3 is 10.6 Å². The van der Waals surface area contributed by atoms with E-state index in [-0.39, 0.29) is 0 Å². The lowest BCUT2D eigenvalue weighted by atomic mass is 10.0. The summed E-state index contributed by atoms with van der Waals surface area (Å²) >= 11 is 0. The van der Waals surface area contributed by atoms with Crippen molar-refractivity contribution in [3.8, 4) is 0 Å². The Labute approximate surface area is 155 Å². The molecule has 1 aliphatic heterocycles. The van der Waals surface area contributed by atoms with E-state index in [1.807, 2.05) is 25.1 Å². The van der Waals surface area contributed by atoms with Gasteiger partial charge in [-0.15, -0.1) is 0 Å². The summed E-state index contributed by atoms with van der Waals surface area (Å²) in [6.07, 6.45) is 3.94. The minimum atomic E-state index is 0.799. The smallest absolute Gasteiger partial charge is 0.0634 e. The van der Waals surface area contributed by atoms with Crippen molar-refractivity contribution in [3.05, 3.63) is 66.2 Å². The minimum Gasteiger partial charge on any atom is -0.398 e. The summed E-state index contributed by atoms with van der Waals surface area (Å²) in [4.78, 5) is 7.27. The van der Waals surface area contributed by atoms with Gasteiger partial charge in [0.25, 0.3) is 0 Å². The Balaban J connectivity index is 1.59. The number of benzene rings is 3. The summed E-state index contributed by atoms with van der Waals surface area (Å²) in [6, 6.07) is 21.0. The molecule has 3 aromatic rings. The van der Waals surface area contributed by atoms with Crippen LogP contribution in [0.2, 0.25) is 0 Å². The lowest BCUT2D eigenvalue weighted by Crippen LogP contribution is -2.29. The number of fused-ring (bicyclic) bond motifs is 1. The van der Waals surface area contributed by atoms with Crippen LogP contribution < -0.4 is 10.6 Å². The molecule has 0 spiro atoms. The Morgan fingerprint density at radius 1 is 0.923 bits per heavy atom. The van der Waals surface area contributed by atoms with Gasteiger partial charge in [0, 0.05) is 35.6 Å². The van der Waals surface area contributed by atoms with E-state index in [0.717, 1.165) is 46.5 Å². The van der Waals surface area contributed by atoms with Gasteiger partial charge in [0.1, 0.15) is 0 Å². The highest BCUT2D eigenvalue weighted by Crippen LogP contribution is 2.26. The fourth-order valence-electron chi connectivity index (χ4n) is 3.70. The van der Waals surface area contributed by atoms with E-state index in [0.29, 0.717) is 0 Å². The van der Waals surface area contributed by atoms with Crippen molar-refractivity contribution >= 4 is 33.5 Å². The number of rotatable bonds is 3. The molecule has 3 heteroatoms. The predicted molar refractivity (Wildman–Crippen MR) is 113 cm³/mol. The third-order valence-corrected chi connectivity index (χ3v) is 5.18. The molecule has 1 aliphatic rings. The van der Waals surface area contributed by atoms with Gasteiger partial charge in [0.05, 0.1) is 5.69 Å². The standard InChI is InChI=1S/C23H25N3/c1-17(19-15-18-7-3-4-8-22(18)23(24)16-19)25-20-9-11-21(12-10-20)26-13-5-2-6-14-26/h3-4,7-12,15-16H,2,5-6,13-14,24H2,1H3. The number of aliphatic imine (C=N–C) groups is 1. The van der Waals surface area contributed by atoms with E-state index in [1.54, 1.807) is 0 Å². The van der Waals surface area contributed by atoms with Crippen LogP contribution in [-0.2, 0) is 0 Å². The first-order valence-electron chi connectivity index (χ1n) is 9.40. The Hall–Kier alpha value is -2.81. The zero-order chi connectivity index (χ0) is 17.9. The van der Waals surface area contributed by atoms with E-state index in [1.165, 1.54) is 24.9 Å². The molecule has 1 saturated heterocycles. The molecular weight excluding hydrogens is 318 g/mol. The third kappa shape index (κ3) is 3.43. The van der Waals surface area contributed by atoms with Crippen molar-refractivity contribution in [3.63, 3.8) is 0 Å². The van der Waals surface area contributed by atoms with Crippen molar-refractivity contribution in [1.29, 1.82) is 0 Å². The van der Waals surface area contributed by atoms with Gasteiger partial charge in [-0.2, -0.15) is 0 Å². The van der Waals surface area contributed by atoms with Gasteiger partial charge in [-0.25, -0.2) is 0 Å². The maximum Gasteiger partial charge on any atom is 0.0634 e. The zero-order valence-corrected chi connectivity index (χ0v) is 15.3. The maximum absolute atomic E-state index is 6.23. The van der Waals surface area contributed by atoms with Crippen LogP contribution in [0.4, 0.5) is 17.1 Å². The average Bonchev–Trinajstić information content (AvgIpc) is 2.69. The van der Waals surface area contributed by atoms with Crippen LogP contribution in [0.25, 0.3) is 10.8 Å². The predicted octanol–water partition coefficient (Wildman–Crippen LogP) is 5.55. The third-order valence-electron chi connectivity index (χ3n) is 5.18. The summed E-state index contributed by atoms with van der Waals surface area (Å²) in [7, 11) is 0. The lowest BCUT2D eigenvalue weighted by Gasteiger charge is -2.28. The topological polar surface area (TPSA) is 41.6 Å². The van der Waals surface area contributed by atoms with E-state index >= 15 is 0 Å². The van der Waals surface area contributed by atoms with Gasteiger partial charge in [0.15, 0.2) is 0 Å². The normalized spacial score (nSPS) is 15.4. The number of anilines is 2. The molecule has 132 valence electrons. The largest absolute Gasteiger partial charge is 0.398 e. The molecule has 0 atom stereocenters. The van der Waals surface area contributed by atoms with E-state index in [9.17, 15) is 0 Å². The molecule has 2 N–H and O–H groups in total. The second-order valence-electron chi connectivity index (χ2n) is 7.05. The summed E-state index contributed by atoms with van der Waals surface area (Å²) in [6.45, 7) is 4.37. The molecule has 26 heavy (non-hydrogen) atoms. The SMILES string of the molecule is CC(=Nc1ccc(N2CCCCC2)cc1)c1cc(N)c2ccccc2c1. The molecule has 3 aromatic carbocycles. The van der Waals surface area contributed by atoms with E-state index in [4.69, 9.17) is 10.7 Å². The number of nitrogens with zero attached hydrogens (tertiary/aromatic N) is 2. The Morgan fingerprint density at radius 3 is 2.42 bits per heavy atom. The van der Waals surface area contributed by atoms with Gasteiger partial charge in [-0.05, 0) is 73.5 Å². The van der Waals surface area contributed by atoms with Crippen LogP contribution in [0.3, 0.4) is 0 Å². The van der Waals surface area contributed by atoms with Crippen molar-refractivity contribution in [2.24, 2.45) is 4.99 Å². The van der Waals surface area contributed by atoms with Crippen molar-refractivity contribution in [2.45, 2.75) is 26.2 Å². The summed E-state index contributed by atoms with van der Waals surface area (Å²) < 4.78 is 0. The highest BCUT2D eigenvalue weighted by molar-refractivity contribution is 6.06. The highest BCUT2D eigenvalue weighted by Gasteiger charge is 2.10. The Kier molecular flexibility index (Phi) is 4.61. The summed E-state index contributed by atoms with van der Waals surface area (Å²) in [5, 5.41) is 2.24. The molecule has 4 rings (SSSR count). The number of hydrogen-bond acceptors (Lipinski definition) is 3. The second-order valence-corrected chi connectivity index (χ2v) is 7.05. The highest BCUT2D eigenvalue weighted by atomic mass is 15.1. The number of hydrogen-bond donors (Lipinski definition) is 1. The quantitative estimate of drug-likeness (QED) is 0.500. The Morgan fingerprint density at radius 2 is 1.65 bits per heavy atom. The molecule has 3 nitrogen and oxygen atoms in total. The number of piperidine rings is 1. The van der Waals surface area contributed by atoms with Crippen LogP contribution in [-0.4, -0.2) is 18.8 Å². The van der Waals surface area contributed by atoms with Crippen molar-refractivity contribution < 1.29 is 0 Å². The molecule has 0 amide bonds. The fourth-order valence-corrected chi connectivity index (χ4v) is 3.70. The molecule has 0 aliphatic carbocycles. The van der Waals surface area contributed by atoms with Gasteiger partial charge in [0.2, 0.25) is 0 Å². The second kappa shape index (κ2) is 7.20. The first kappa shape index (κ1) is 16.6. The van der Waals surface area contributed by atoms with Crippen molar-refractivity contribution in [1.82, 2.24) is 0 Å². The molecule has 0 radical (unpaired) electrons. The molecule has 0 aromatic heterocycles. The number of nitrogens with two attached hydrogens (primary N) is 1. The summed E-state index contributed by atoms with van der Waals surface area (Å²) in [5.41, 5.74) is 11.4. The van der Waals surface area contributed by atoms with Crippen LogP contribution in [0, 0.1) is 0 Å². The van der Waals surface area contributed by atoms with Gasteiger partial charge in [-0.3, -0.25) is 4.99 Å². The molecule has 0 saturated carbocycles. The lowest BCUT2D eigenvalue weighted by molar-refractivity contribution is 0.578. The zero-order valence-electron chi connectivity index (χ0n) is 15.3. The average molecular weight is 343 g/mol. The molecular formula is C23H25N3. The monoisotopic (exact) mass is 343 g/mol. The van der Waals surface area contributed by atoms with Crippen LogP contribution >= 0.6 is 0 Å². The van der Waals surface area contributed by atoms with E-state index < -0.39 is 0 Å².